The van der Waals surface area contributed by atoms with Gasteiger partial charge in [-0.2, -0.15) is 0 Å². The average molecular weight is 555 g/mol. The van der Waals surface area contributed by atoms with E-state index in [0.29, 0.717) is 74.6 Å². The standard InChI is InChI=1S/C28H18Cl3NO5/c29-17-3-5-24-16(9-17)10-21(28(34)36-24)20-12-26(33)37-27-19(20)4-6-25-22(27)13-32(14-35-25)8-7-15-1-2-18(30)11-23(15)31/h1-6,9-12H,7-8,13-14H2. The first-order chi connectivity index (χ1) is 17.9. The van der Waals surface area contributed by atoms with E-state index < -0.39 is 11.3 Å². The lowest BCUT2D eigenvalue weighted by Gasteiger charge is -2.29. The molecule has 2 aromatic heterocycles. The zero-order chi connectivity index (χ0) is 25.7. The van der Waals surface area contributed by atoms with Crippen molar-refractivity contribution in [1.29, 1.82) is 0 Å². The van der Waals surface area contributed by atoms with E-state index in [-0.39, 0.29) is 5.56 Å². The van der Waals surface area contributed by atoms with Crippen molar-refractivity contribution in [3.05, 3.63) is 108 Å². The van der Waals surface area contributed by atoms with Crippen molar-refractivity contribution in [1.82, 2.24) is 4.90 Å². The molecule has 0 N–H and O–H groups in total. The Bertz CT molecular complexity index is 1810. The molecule has 0 bridgehead atoms. The first kappa shape index (κ1) is 24.1. The van der Waals surface area contributed by atoms with E-state index in [1.807, 2.05) is 18.2 Å². The number of benzene rings is 3. The number of hydrogen-bond acceptors (Lipinski definition) is 6. The number of rotatable bonds is 4. The van der Waals surface area contributed by atoms with Crippen LogP contribution in [0.25, 0.3) is 33.1 Å². The van der Waals surface area contributed by atoms with Gasteiger partial charge in [0.2, 0.25) is 0 Å². The lowest BCUT2D eigenvalue weighted by molar-refractivity contribution is 0.0968. The van der Waals surface area contributed by atoms with Crippen LogP contribution in [0.4, 0.5) is 0 Å². The Morgan fingerprint density at radius 2 is 1.65 bits per heavy atom. The van der Waals surface area contributed by atoms with Crippen LogP contribution >= 0.6 is 34.8 Å². The van der Waals surface area contributed by atoms with Gasteiger partial charge in [0.1, 0.15) is 23.6 Å². The maximum absolute atomic E-state index is 12.9. The van der Waals surface area contributed by atoms with Crippen LogP contribution in [0.15, 0.2) is 79.1 Å². The van der Waals surface area contributed by atoms with Gasteiger partial charge in [0, 0.05) is 50.6 Å². The van der Waals surface area contributed by atoms with Crippen LogP contribution in [0.2, 0.25) is 15.1 Å². The van der Waals surface area contributed by atoms with Crippen LogP contribution in [-0.4, -0.2) is 18.2 Å². The Morgan fingerprint density at radius 1 is 0.838 bits per heavy atom. The van der Waals surface area contributed by atoms with Crippen molar-refractivity contribution in [3.63, 3.8) is 0 Å². The van der Waals surface area contributed by atoms with Gasteiger partial charge < -0.3 is 13.6 Å². The van der Waals surface area contributed by atoms with E-state index >= 15 is 0 Å². The van der Waals surface area contributed by atoms with Crippen LogP contribution < -0.4 is 16.0 Å². The lowest BCUT2D eigenvalue weighted by Crippen LogP contribution is -2.33. The maximum atomic E-state index is 12.9. The highest BCUT2D eigenvalue weighted by atomic mass is 35.5. The van der Waals surface area contributed by atoms with Gasteiger partial charge in [-0.15, -0.1) is 0 Å². The van der Waals surface area contributed by atoms with E-state index in [2.05, 4.69) is 4.90 Å². The van der Waals surface area contributed by atoms with Crippen LogP contribution in [0.1, 0.15) is 11.1 Å². The molecule has 0 atom stereocenters. The minimum absolute atomic E-state index is 0.249. The second kappa shape index (κ2) is 9.54. The average Bonchev–Trinajstić information content (AvgIpc) is 2.87. The van der Waals surface area contributed by atoms with Gasteiger partial charge in [-0.1, -0.05) is 40.9 Å². The predicted molar refractivity (Wildman–Crippen MR) is 145 cm³/mol. The third kappa shape index (κ3) is 4.62. The summed E-state index contributed by atoms with van der Waals surface area (Å²) in [5.41, 5.74) is 2.04. The summed E-state index contributed by atoms with van der Waals surface area (Å²) in [5, 5.41) is 2.97. The lowest BCUT2D eigenvalue weighted by atomic mass is 9.99. The smallest absolute Gasteiger partial charge is 0.344 e. The molecule has 0 spiro atoms. The minimum Gasteiger partial charge on any atom is -0.478 e. The highest BCUT2D eigenvalue weighted by Gasteiger charge is 2.24. The van der Waals surface area contributed by atoms with Crippen LogP contribution in [0.3, 0.4) is 0 Å². The second-order valence-corrected chi connectivity index (χ2v) is 10.1. The molecule has 0 saturated carbocycles. The molecule has 1 aliphatic heterocycles. The Kier molecular flexibility index (Phi) is 6.21. The highest BCUT2D eigenvalue weighted by Crippen LogP contribution is 2.36. The summed E-state index contributed by atoms with van der Waals surface area (Å²) in [4.78, 5) is 27.6. The van der Waals surface area contributed by atoms with Crippen molar-refractivity contribution in [2.45, 2.75) is 13.0 Å². The van der Waals surface area contributed by atoms with E-state index in [9.17, 15) is 9.59 Å². The van der Waals surface area contributed by atoms with Crippen LogP contribution in [0, 0.1) is 0 Å². The molecular formula is C28H18Cl3NO5. The molecule has 5 aromatic rings. The van der Waals surface area contributed by atoms with Gasteiger partial charge in [-0.05, 0) is 60.5 Å². The van der Waals surface area contributed by atoms with Gasteiger partial charge in [-0.3, -0.25) is 4.90 Å². The van der Waals surface area contributed by atoms with Crippen molar-refractivity contribution >= 4 is 56.7 Å². The quantitative estimate of drug-likeness (QED) is 0.225. The van der Waals surface area contributed by atoms with Crippen molar-refractivity contribution < 1.29 is 13.6 Å². The summed E-state index contributed by atoms with van der Waals surface area (Å²) in [7, 11) is 0. The summed E-state index contributed by atoms with van der Waals surface area (Å²) >= 11 is 18.5. The molecule has 3 aromatic carbocycles. The molecule has 0 unspecified atom stereocenters. The maximum Gasteiger partial charge on any atom is 0.344 e. The molecule has 37 heavy (non-hydrogen) atoms. The molecule has 0 aliphatic carbocycles. The molecule has 0 amide bonds. The van der Waals surface area contributed by atoms with E-state index in [1.54, 1.807) is 36.4 Å². The molecule has 3 heterocycles. The molecule has 186 valence electrons. The minimum atomic E-state index is -0.577. The summed E-state index contributed by atoms with van der Waals surface area (Å²) in [6.07, 6.45) is 0.690. The van der Waals surface area contributed by atoms with E-state index in [4.69, 9.17) is 48.4 Å². The highest BCUT2D eigenvalue weighted by molar-refractivity contribution is 6.35. The third-order valence-corrected chi connectivity index (χ3v) is 7.28. The van der Waals surface area contributed by atoms with E-state index in [1.165, 1.54) is 6.07 Å². The van der Waals surface area contributed by atoms with Gasteiger partial charge in [0.25, 0.3) is 0 Å². The largest absolute Gasteiger partial charge is 0.478 e. The summed E-state index contributed by atoms with van der Waals surface area (Å²) in [6, 6.07) is 17.0. The van der Waals surface area contributed by atoms with Crippen LogP contribution in [-0.2, 0) is 13.0 Å². The summed E-state index contributed by atoms with van der Waals surface area (Å²) < 4.78 is 17.2. The number of hydrogen-bond donors (Lipinski definition) is 0. The first-order valence-corrected chi connectivity index (χ1v) is 12.6. The fourth-order valence-corrected chi connectivity index (χ4v) is 5.31. The Balaban J connectivity index is 1.39. The first-order valence-electron chi connectivity index (χ1n) is 11.5. The number of ether oxygens (including phenoxy) is 1. The fourth-order valence-electron chi connectivity index (χ4n) is 4.63. The third-order valence-electron chi connectivity index (χ3n) is 6.45. The van der Waals surface area contributed by atoms with Gasteiger partial charge in [0.05, 0.1) is 11.1 Å². The second-order valence-electron chi connectivity index (χ2n) is 8.84. The van der Waals surface area contributed by atoms with Crippen molar-refractivity contribution in [2.75, 3.05) is 13.3 Å². The summed E-state index contributed by atoms with van der Waals surface area (Å²) in [6.45, 7) is 1.53. The molecule has 0 radical (unpaired) electrons. The Labute approximate surface area is 225 Å². The fraction of sp³-hybridized carbons (Fsp3) is 0.143. The topological polar surface area (TPSA) is 72.9 Å². The molecule has 1 aliphatic rings. The van der Waals surface area contributed by atoms with Gasteiger partial charge >= 0.3 is 11.3 Å². The normalized spacial score (nSPS) is 13.6. The Hall–Kier alpha value is -3.29. The SMILES string of the molecule is O=c1cc(-c2cc3cc(Cl)ccc3oc2=O)c2ccc3c(c2o1)CN(CCc1ccc(Cl)cc1Cl)CO3. The van der Waals surface area contributed by atoms with Crippen molar-refractivity contribution in [3.8, 4) is 16.9 Å². The summed E-state index contributed by atoms with van der Waals surface area (Å²) in [5.74, 6) is 0.630. The van der Waals surface area contributed by atoms with Gasteiger partial charge in [0.15, 0.2) is 0 Å². The predicted octanol–water partition coefficient (Wildman–Crippen LogP) is 6.92. The molecule has 0 saturated heterocycles. The van der Waals surface area contributed by atoms with Gasteiger partial charge in [-0.25, -0.2) is 9.59 Å². The number of halogens is 3. The molecule has 6 rings (SSSR count). The zero-order valence-corrected chi connectivity index (χ0v) is 21.5. The van der Waals surface area contributed by atoms with E-state index in [0.717, 1.165) is 11.1 Å². The van der Waals surface area contributed by atoms with Crippen LogP contribution in [0.5, 0.6) is 5.75 Å². The molecule has 0 fully saturated rings. The van der Waals surface area contributed by atoms with Crippen molar-refractivity contribution in [2.24, 2.45) is 0 Å². The number of nitrogens with zero attached hydrogens (tertiary/aromatic N) is 1. The molecule has 9 heteroatoms. The number of fused-ring (bicyclic) bond motifs is 4. The molecular weight excluding hydrogens is 537 g/mol. The molecule has 6 nitrogen and oxygen atoms in total. The monoisotopic (exact) mass is 553 g/mol. The zero-order valence-electron chi connectivity index (χ0n) is 19.2. The Morgan fingerprint density at radius 3 is 2.49 bits per heavy atom.